The predicted molar refractivity (Wildman–Crippen MR) is 62.1 cm³/mol. The van der Waals surface area contributed by atoms with Crippen molar-refractivity contribution < 1.29 is 9.90 Å². The van der Waals surface area contributed by atoms with E-state index in [2.05, 4.69) is 5.10 Å². The average Bonchev–Trinajstić information content (AvgIpc) is 2.48. The van der Waals surface area contributed by atoms with Crippen molar-refractivity contribution >= 4 is 16.7 Å². The molecule has 0 atom stereocenters. The van der Waals surface area contributed by atoms with Crippen LogP contribution in [0.15, 0.2) is 11.0 Å². The van der Waals surface area contributed by atoms with Crippen LogP contribution in [0.4, 0.5) is 0 Å². The van der Waals surface area contributed by atoms with E-state index in [0.29, 0.717) is 5.39 Å². The largest absolute Gasteiger partial charge is 0.480 e. The van der Waals surface area contributed by atoms with Gasteiger partial charge in [-0.05, 0) is 13.8 Å². The van der Waals surface area contributed by atoms with Gasteiger partial charge < -0.3 is 9.67 Å². The second-order valence-corrected chi connectivity index (χ2v) is 4.02. The maximum absolute atomic E-state index is 12.1. The van der Waals surface area contributed by atoms with Crippen LogP contribution in [0.5, 0.6) is 0 Å². The summed E-state index contributed by atoms with van der Waals surface area (Å²) in [4.78, 5) is 22.7. The van der Waals surface area contributed by atoms with E-state index in [1.807, 2.05) is 25.5 Å². The Bertz CT molecular complexity index is 667. The average molecular weight is 235 g/mol. The first-order valence-electron chi connectivity index (χ1n) is 5.17. The fraction of sp³-hybridized carbons (Fsp3) is 0.364. The van der Waals surface area contributed by atoms with E-state index in [1.54, 1.807) is 6.20 Å². The van der Waals surface area contributed by atoms with Crippen LogP contribution < -0.4 is 5.56 Å². The zero-order chi connectivity index (χ0) is 12.7. The fourth-order valence-electron chi connectivity index (χ4n) is 1.95. The number of aryl methyl sites for hydroxylation is 2. The number of carbonyl (C=O) groups is 1. The van der Waals surface area contributed by atoms with E-state index in [9.17, 15) is 9.59 Å². The van der Waals surface area contributed by atoms with Gasteiger partial charge in [0.1, 0.15) is 6.54 Å². The Balaban J connectivity index is 2.80. The van der Waals surface area contributed by atoms with Gasteiger partial charge in [-0.3, -0.25) is 9.59 Å². The number of aliphatic carboxylic acids is 1. The summed E-state index contributed by atoms with van der Waals surface area (Å²) in [6, 6.07) is 0. The number of aromatic nitrogens is 3. The van der Waals surface area contributed by atoms with Crippen molar-refractivity contribution in [3.8, 4) is 0 Å². The highest BCUT2D eigenvalue weighted by molar-refractivity contribution is 5.86. The van der Waals surface area contributed by atoms with Crippen molar-refractivity contribution in [2.45, 2.75) is 20.4 Å². The summed E-state index contributed by atoms with van der Waals surface area (Å²) in [6.07, 6.45) is 1.54. The number of carboxylic acid groups (broad SMARTS) is 1. The third-order valence-electron chi connectivity index (χ3n) is 3.09. The summed E-state index contributed by atoms with van der Waals surface area (Å²) in [5, 5.41) is 13.9. The van der Waals surface area contributed by atoms with Gasteiger partial charge in [0.2, 0.25) is 0 Å². The molecule has 0 aliphatic heterocycles. The maximum Gasteiger partial charge on any atom is 0.325 e. The SMILES string of the molecule is Cc1c2cnn(CC(=O)O)c(=O)c2c(C)n1C. The van der Waals surface area contributed by atoms with Crippen LogP contribution in [0.25, 0.3) is 10.8 Å². The summed E-state index contributed by atoms with van der Waals surface area (Å²) >= 11 is 0. The molecule has 90 valence electrons. The molecule has 0 unspecified atom stereocenters. The number of carboxylic acids is 1. The van der Waals surface area contributed by atoms with Crippen LogP contribution in [0, 0.1) is 13.8 Å². The molecule has 0 aromatic carbocycles. The predicted octanol–water partition coefficient (Wildman–Crippen LogP) is 0.436. The van der Waals surface area contributed by atoms with Crippen LogP contribution in [0.3, 0.4) is 0 Å². The summed E-state index contributed by atoms with van der Waals surface area (Å²) in [5.74, 6) is -1.08. The van der Waals surface area contributed by atoms with Crippen LogP contribution in [-0.2, 0) is 18.4 Å². The summed E-state index contributed by atoms with van der Waals surface area (Å²) in [5.41, 5.74) is 1.42. The molecule has 0 spiro atoms. The minimum atomic E-state index is -1.08. The molecule has 0 bridgehead atoms. The first kappa shape index (κ1) is 11.4. The highest BCUT2D eigenvalue weighted by Gasteiger charge is 2.14. The summed E-state index contributed by atoms with van der Waals surface area (Å²) in [6.45, 7) is 3.32. The lowest BCUT2D eigenvalue weighted by molar-refractivity contribution is -0.137. The zero-order valence-corrected chi connectivity index (χ0v) is 9.89. The van der Waals surface area contributed by atoms with Crippen molar-refractivity contribution in [1.82, 2.24) is 14.3 Å². The minimum absolute atomic E-state index is 0.355. The smallest absolute Gasteiger partial charge is 0.325 e. The molecular formula is C11H13N3O3. The Hall–Kier alpha value is -2.11. The molecule has 0 fully saturated rings. The Kier molecular flexibility index (Phi) is 2.49. The highest BCUT2D eigenvalue weighted by Crippen LogP contribution is 2.19. The molecule has 17 heavy (non-hydrogen) atoms. The molecule has 2 rings (SSSR count). The second kappa shape index (κ2) is 3.73. The lowest BCUT2D eigenvalue weighted by Gasteiger charge is -2.00. The van der Waals surface area contributed by atoms with Gasteiger partial charge in [0.15, 0.2) is 0 Å². The normalized spacial score (nSPS) is 11.0. The van der Waals surface area contributed by atoms with Gasteiger partial charge in [0.05, 0.1) is 11.6 Å². The zero-order valence-electron chi connectivity index (χ0n) is 9.89. The monoisotopic (exact) mass is 235 g/mol. The molecule has 0 aliphatic carbocycles. The topological polar surface area (TPSA) is 77.1 Å². The molecule has 6 nitrogen and oxygen atoms in total. The van der Waals surface area contributed by atoms with E-state index >= 15 is 0 Å². The third-order valence-corrected chi connectivity index (χ3v) is 3.09. The van der Waals surface area contributed by atoms with E-state index in [4.69, 9.17) is 5.11 Å². The number of fused-ring (bicyclic) bond motifs is 1. The summed E-state index contributed by atoms with van der Waals surface area (Å²) < 4.78 is 2.87. The van der Waals surface area contributed by atoms with Gasteiger partial charge in [0, 0.05) is 23.8 Å². The molecule has 1 N–H and O–H groups in total. The van der Waals surface area contributed by atoms with Crippen molar-refractivity contribution in [2.75, 3.05) is 0 Å². The van der Waals surface area contributed by atoms with E-state index < -0.39 is 12.5 Å². The fourth-order valence-corrected chi connectivity index (χ4v) is 1.95. The molecular weight excluding hydrogens is 222 g/mol. The van der Waals surface area contributed by atoms with Gasteiger partial charge in [-0.15, -0.1) is 0 Å². The van der Waals surface area contributed by atoms with Gasteiger partial charge in [0.25, 0.3) is 5.56 Å². The van der Waals surface area contributed by atoms with E-state index in [0.717, 1.165) is 21.5 Å². The number of hydrogen-bond donors (Lipinski definition) is 1. The lowest BCUT2D eigenvalue weighted by atomic mass is 10.2. The first-order valence-corrected chi connectivity index (χ1v) is 5.17. The molecule has 6 heteroatoms. The van der Waals surface area contributed by atoms with Crippen LogP contribution in [0.2, 0.25) is 0 Å². The van der Waals surface area contributed by atoms with Crippen molar-refractivity contribution in [3.63, 3.8) is 0 Å². The highest BCUT2D eigenvalue weighted by atomic mass is 16.4. The standard InChI is InChI=1S/C11H13N3O3/c1-6-8-4-12-14(5-9(15)16)11(17)10(8)7(2)13(6)3/h4H,5H2,1-3H3,(H,15,16). The first-order chi connectivity index (χ1) is 7.93. The Morgan fingerprint density at radius 2 is 2.06 bits per heavy atom. The molecule has 0 amide bonds. The Morgan fingerprint density at radius 1 is 1.41 bits per heavy atom. The molecule has 2 aromatic rings. The Labute approximate surface area is 97.1 Å². The van der Waals surface area contributed by atoms with Crippen molar-refractivity contribution in [2.24, 2.45) is 7.05 Å². The lowest BCUT2D eigenvalue weighted by Crippen LogP contribution is -2.26. The van der Waals surface area contributed by atoms with Crippen LogP contribution in [0.1, 0.15) is 11.4 Å². The maximum atomic E-state index is 12.1. The number of hydrogen-bond acceptors (Lipinski definition) is 3. The molecule has 2 heterocycles. The molecule has 0 aliphatic rings. The minimum Gasteiger partial charge on any atom is -0.480 e. The van der Waals surface area contributed by atoms with Crippen LogP contribution >= 0.6 is 0 Å². The molecule has 0 saturated heterocycles. The van der Waals surface area contributed by atoms with E-state index in [-0.39, 0.29) is 5.56 Å². The molecule has 2 aromatic heterocycles. The van der Waals surface area contributed by atoms with Gasteiger partial charge >= 0.3 is 5.97 Å². The number of nitrogens with zero attached hydrogens (tertiary/aromatic N) is 3. The number of rotatable bonds is 2. The van der Waals surface area contributed by atoms with Gasteiger partial charge in [-0.25, -0.2) is 4.68 Å². The molecule has 0 saturated carbocycles. The van der Waals surface area contributed by atoms with Gasteiger partial charge in [-0.2, -0.15) is 5.10 Å². The van der Waals surface area contributed by atoms with E-state index in [1.165, 1.54) is 0 Å². The quantitative estimate of drug-likeness (QED) is 0.819. The second-order valence-electron chi connectivity index (χ2n) is 4.02. The van der Waals surface area contributed by atoms with Gasteiger partial charge in [-0.1, -0.05) is 0 Å². The van der Waals surface area contributed by atoms with Crippen molar-refractivity contribution in [3.05, 3.63) is 27.9 Å². The molecule has 0 radical (unpaired) electrons. The third kappa shape index (κ3) is 1.61. The van der Waals surface area contributed by atoms with Crippen molar-refractivity contribution in [1.29, 1.82) is 0 Å². The van der Waals surface area contributed by atoms with Crippen LogP contribution in [-0.4, -0.2) is 25.4 Å². The summed E-state index contributed by atoms with van der Waals surface area (Å²) in [7, 11) is 1.87. The Morgan fingerprint density at radius 3 is 2.65 bits per heavy atom.